The number of fused-ring (bicyclic) bond motifs is 1. The van der Waals surface area contributed by atoms with Crippen LogP contribution in [-0.2, 0) is 16.8 Å². The molecule has 154 valence electrons. The molecule has 29 heavy (non-hydrogen) atoms. The van der Waals surface area contributed by atoms with Gasteiger partial charge in [0.05, 0.1) is 11.2 Å². The van der Waals surface area contributed by atoms with Crippen LogP contribution in [0.3, 0.4) is 0 Å². The lowest BCUT2D eigenvalue weighted by atomic mass is 9.99. The minimum absolute atomic E-state index is 0.0241. The Morgan fingerprint density at radius 2 is 1.62 bits per heavy atom. The van der Waals surface area contributed by atoms with E-state index in [2.05, 4.69) is 39.1 Å². The van der Waals surface area contributed by atoms with Gasteiger partial charge in [-0.3, -0.25) is 4.79 Å². The van der Waals surface area contributed by atoms with Crippen LogP contribution < -0.4 is 5.32 Å². The topological polar surface area (TPSA) is 59.8 Å². The Labute approximate surface area is 173 Å². The second-order valence-corrected chi connectivity index (χ2v) is 9.09. The number of rotatable bonds is 4. The second kappa shape index (κ2) is 7.62. The Bertz CT molecular complexity index is 1070. The highest BCUT2D eigenvalue weighted by molar-refractivity contribution is 5.91. The molecule has 5 heteroatoms. The molecule has 0 fully saturated rings. The van der Waals surface area contributed by atoms with Crippen molar-refractivity contribution >= 4 is 22.6 Å². The molecule has 1 aromatic carbocycles. The zero-order valence-corrected chi connectivity index (χ0v) is 18.9. The highest BCUT2D eigenvalue weighted by Crippen LogP contribution is 2.29. The number of carbonyl (C=O) groups excluding carboxylic acids is 1. The summed E-state index contributed by atoms with van der Waals surface area (Å²) in [5.74, 6) is 0.0241. The van der Waals surface area contributed by atoms with Crippen molar-refractivity contribution in [3.8, 4) is 0 Å². The molecule has 0 unspecified atom stereocenters. The molecule has 5 nitrogen and oxygen atoms in total. The SMILES string of the molecule is Cc1cc(C)cc(NC(=O)CCc2c(C)nc3c(c(C)nn3C(C)(C)C)c2C)c1. The van der Waals surface area contributed by atoms with Crippen LogP contribution in [0.1, 0.15) is 60.8 Å². The molecule has 0 radical (unpaired) electrons. The maximum absolute atomic E-state index is 12.5. The van der Waals surface area contributed by atoms with E-state index >= 15 is 0 Å². The third-order valence-corrected chi connectivity index (χ3v) is 5.32. The van der Waals surface area contributed by atoms with Crippen LogP contribution in [0.15, 0.2) is 18.2 Å². The average molecular weight is 393 g/mol. The van der Waals surface area contributed by atoms with E-state index in [4.69, 9.17) is 10.1 Å². The third kappa shape index (κ3) is 4.34. The first-order chi connectivity index (χ1) is 13.5. The summed E-state index contributed by atoms with van der Waals surface area (Å²) in [4.78, 5) is 17.4. The first-order valence-corrected chi connectivity index (χ1v) is 10.2. The fourth-order valence-corrected chi connectivity index (χ4v) is 4.05. The van der Waals surface area contributed by atoms with Gasteiger partial charge in [-0.05, 0) is 96.2 Å². The quantitative estimate of drug-likeness (QED) is 0.655. The summed E-state index contributed by atoms with van der Waals surface area (Å²) in [6, 6.07) is 6.10. The Balaban J connectivity index is 1.85. The Morgan fingerprint density at radius 3 is 2.21 bits per heavy atom. The molecule has 3 rings (SSSR count). The first kappa shape index (κ1) is 21.0. The van der Waals surface area contributed by atoms with Gasteiger partial charge in [0.1, 0.15) is 0 Å². The molecule has 0 atom stereocenters. The molecule has 0 aliphatic carbocycles. The summed E-state index contributed by atoms with van der Waals surface area (Å²) in [5.41, 5.74) is 8.22. The maximum atomic E-state index is 12.5. The molecule has 0 aliphatic heterocycles. The monoisotopic (exact) mass is 392 g/mol. The summed E-state index contributed by atoms with van der Waals surface area (Å²) < 4.78 is 2.01. The molecule has 2 aromatic heterocycles. The predicted molar refractivity (Wildman–Crippen MR) is 120 cm³/mol. The van der Waals surface area contributed by atoms with Gasteiger partial charge in [-0.15, -0.1) is 0 Å². The van der Waals surface area contributed by atoms with E-state index in [0.717, 1.165) is 44.8 Å². The van der Waals surface area contributed by atoms with Crippen molar-refractivity contribution in [3.63, 3.8) is 0 Å². The number of nitrogens with zero attached hydrogens (tertiary/aromatic N) is 3. The van der Waals surface area contributed by atoms with Gasteiger partial charge in [-0.1, -0.05) is 6.07 Å². The lowest BCUT2D eigenvalue weighted by molar-refractivity contribution is -0.116. The van der Waals surface area contributed by atoms with Crippen LogP contribution in [0.25, 0.3) is 11.0 Å². The van der Waals surface area contributed by atoms with E-state index in [1.807, 2.05) is 44.5 Å². The number of hydrogen-bond acceptors (Lipinski definition) is 3. The fourth-order valence-electron chi connectivity index (χ4n) is 4.05. The summed E-state index contributed by atoms with van der Waals surface area (Å²) in [7, 11) is 0. The van der Waals surface area contributed by atoms with Crippen molar-refractivity contribution in [2.75, 3.05) is 5.32 Å². The Kier molecular flexibility index (Phi) is 5.52. The molecule has 3 aromatic rings. The normalized spacial score (nSPS) is 11.9. The molecule has 1 N–H and O–H groups in total. The van der Waals surface area contributed by atoms with E-state index in [9.17, 15) is 4.79 Å². The lowest BCUT2D eigenvalue weighted by Gasteiger charge is -2.20. The highest BCUT2D eigenvalue weighted by atomic mass is 16.1. The Hall–Kier alpha value is -2.69. The third-order valence-electron chi connectivity index (χ3n) is 5.32. The smallest absolute Gasteiger partial charge is 0.224 e. The van der Waals surface area contributed by atoms with Gasteiger partial charge in [0.2, 0.25) is 5.91 Å². The summed E-state index contributed by atoms with van der Waals surface area (Å²) in [6.45, 7) is 16.7. The van der Waals surface area contributed by atoms with E-state index in [1.54, 1.807) is 0 Å². The fraction of sp³-hybridized carbons (Fsp3) is 0.458. The summed E-state index contributed by atoms with van der Waals surface area (Å²) >= 11 is 0. The van der Waals surface area contributed by atoms with Crippen LogP contribution >= 0.6 is 0 Å². The van der Waals surface area contributed by atoms with Crippen molar-refractivity contribution in [1.29, 1.82) is 0 Å². The van der Waals surface area contributed by atoms with Crippen molar-refractivity contribution in [1.82, 2.24) is 14.8 Å². The number of pyridine rings is 1. The van der Waals surface area contributed by atoms with Gasteiger partial charge in [0.15, 0.2) is 5.65 Å². The van der Waals surface area contributed by atoms with Crippen molar-refractivity contribution in [2.45, 2.75) is 73.8 Å². The maximum Gasteiger partial charge on any atom is 0.224 e. The van der Waals surface area contributed by atoms with Gasteiger partial charge in [0, 0.05) is 23.2 Å². The van der Waals surface area contributed by atoms with Gasteiger partial charge in [0.25, 0.3) is 0 Å². The van der Waals surface area contributed by atoms with Gasteiger partial charge < -0.3 is 5.32 Å². The summed E-state index contributed by atoms with van der Waals surface area (Å²) in [6.07, 6.45) is 1.09. The zero-order chi connectivity index (χ0) is 21.5. The van der Waals surface area contributed by atoms with Crippen LogP contribution in [0.4, 0.5) is 5.69 Å². The van der Waals surface area contributed by atoms with Gasteiger partial charge in [-0.2, -0.15) is 5.10 Å². The molecule has 0 saturated carbocycles. The van der Waals surface area contributed by atoms with E-state index in [0.29, 0.717) is 12.8 Å². The number of anilines is 1. The minimum atomic E-state index is -0.133. The molecule has 1 amide bonds. The standard InChI is InChI=1S/C24H32N4O/c1-14-11-15(2)13-19(12-14)26-21(29)10-9-20-16(3)22-18(5)27-28(24(6,7)8)23(22)25-17(20)4/h11-13H,9-10H2,1-8H3,(H,26,29). The second-order valence-electron chi connectivity index (χ2n) is 9.09. The Morgan fingerprint density at radius 1 is 1.00 bits per heavy atom. The van der Waals surface area contributed by atoms with Crippen LogP contribution in [0.2, 0.25) is 0 Å². The number of nitrogens with one attached hydrogen (secondary N) is 1. The van der Waals surface area contributed by atoms with Gasteiger partial charge >= 0.3 is 0 Å². The summed E-state index contributed by atoms with van der Waals surface area (Å²) in [5, 5.41) is 8.88. The molecular formula is C24H32N4O. The van der Waals surface area contributed by atoms with Crippen molar-refractivity contribution < 1.29 is 4.79 Å². The van der Waals surface area contributed by atoms with E-state index < -0.39 is 0 Å². The molecular weight excluding hydrogens is 360 g/mol. The number of aromatic nitrogens is 3. The highest BCUT2D eigenvalue weighted by Gasteiger charge is 2.23. The van der Waals surface area contributed by atoms with Crippen molar-refractivity contribution in [3.05, 3.63) is 51.8 Å². The number of amides is 1. The van der Waals surface area contributed by atoms with E-state index in [1.165, 1.54) is 5.56 Å². The van der Waals surface area contributed by atoms with Crippen LogP contribution in [-0.4, -0.2) is 20.7 Å². The molecule has 0 spiro atoms. The molecule has 0 aliphatic rings. The first-order valence-electron chi connectivity index (χ1n) is 10.2. The molecule has 0 bridgehead atoms. The lowest BCUT2D eigenvalue weighted by Crippen LogP contribution is -2.23. The van der Waals surface area contributed by atoms with Gasteiger partial charge in [-0.25, -0.2) is 9.67 Å². The molecule has 2 heterocycles. The number of hydrogen-bond donors (Lipinski definition) is 1. The number of carbonyl (C=O) groups is 1. The van der Waals surface area contributed by atoms with Crippen LogP contribution in [0.5, 0.6) is 0 Å². The zero-order valence-electron chi connectivity index (χ0n) is 18.9. The van der Waals surface area contributed by atoms with E-state index in [-0.39, 0.29) is 11.4 Å². The number of benzene rings is 1. The minimum Gasteiger partial charge on any atom is -0.326 e. The van der Waals surface area contributed by atoms with Crippen LogP contribution in [0, 0.1) is 34.6 Å². The van der Waals surface area contributed by atoms with Crippen molar-refractivity contribution in [2.24, 2.45) is 0 Å². The average Bonchev–Trinajstić information content (AvgIpc) is 2.90. The predicted octanol–water partition coefficient (Wildman–Crippen LogP) is 5.30. The largest absolute Gasteiger partial charge is 0.326 e. The molecule has 0 saturated heterocycles. The number of aryl methyl sites for hydroxylation is 5.